The van der Waals surface area contributed by atoms with E-state index in [0.29, 0.717) is 44.5 Å². The quantitative estimate of drug-likeness (QED) is 0.235. The molecule has 3 nitrogen and oxygen atoms in total. The van der Waals surface area contributed by atoms with Crippen LogP contribution in [0.4, 0.5) is 8.78 Å². The van der Waals surface area contributed by atoms with Gasteiger partial charge in [0.25, 0.3) is 0 Å². The zero-order chi connectivity index (χ0) is 29.9. The van der Waals surface area contributed by atoms with Gasteiger partial charge < -0.3 is 0 Å². The zero-order valence-electron chi connectivity index (χ0n) is 23.4. The van der Waals surface area contributed by atoms with Gasteiger partial charge in [0.15, 0.2) is 0 Å². The van der Waals surface area contributed by atoms with Gasteiger partial charge in [-0.25, -0.2) is 8.78 Å². The third-order valence-electron chi connectivity index (χ3n) is 8.16. The molecule has 0 radical (unpaired) electrons. The molecule has 0 N–H and O–H groups in total. The maximum atomic E-state index is 15.6. The Morgan fingerprint density at radius 3 is 1.60 bits per heavy atom. The molecule has 2 aliphatic carbocycles. The average molecular weight is 548 g/mol. The van der Waals surface area contributed by atoms with Crippen molar-refractivity contribution in [2.24, 2.45) is 0 Å². The third kappa shape index (κ3) is 3.67. The van der Waals surface area contributed by atoms with Crippen LogP contribution in [0.25, 0.3) is 44.5 Å². The summed E-state index contributed by atoms with van der Waals surface area (Å²) < 4.78 is 31.1. The van der Waals surface area contributed by atoms with E-state index >= 15 is 8.78 Å². The summed E-state index contributed by atoms with van der Waals surface area (Å²) in [5.41, 5.74) is 11.2. The molecule has 0 fully saturated rings. The largest absolute Gasteiger partial charge is 0.206 e. The Labute approximate surface area is 243 Å². The summed E-state index contributed by atoms with van der Waals surface area (Å²) in [5, 5.41) is 28.9. The normalized spacial score (nSPS) is 15.1. The number of nitriles is 3. The highest BCUT2D eigenvalue weighted by Gasteiger charge is 2.40. The van der Waals surface area contributed by atoms with Gasteiger partial charge in [-0.2, -0.15) is 15.8 Å². The first-order valence-electron chi connectivity index (χ1n) is 13.5. The van der Waals surface area contributed by atoms with E-state index in [1.54, 1.807) is 32.9 Å². The van der Waals surface area contributed by atoms with Gasteiger partial charge in [-0.05, 0) is 113 Å². The molecule has 0 amide bonds. The molecule has 2 aliphatic rings. The maximum Gasteiger partial charge on any atom is 0.132 e. The number of aryl methyl sites for hydroxylation is 2. The number of hydrogen-bond acceptors (Lipinski definition) is 3. The summed E-state index contributed by atoms with van der Waals surface area (Å²) in [6, 6.07) is 23.7. The highest BCUT2D eigenvalue weighted by Crippen LogP contribution is 2.61. The summed E-state index contributed by atoms with van der Waals surface area (Å²) in [7, 11) is 0. The molecule has 0 heterocycles. The molecule has 4 aromatic carbocycles. The summed E-state index contributed by atoms with van der Waals surface area (Å²) in [4.78, 5) is 0. The van der Waals surface area contributed by atoms with Gasteiger partial charge in [0, 0.05) is 22.3 Å². The SMILES string of the molecule is C/C=C1C2=C(/C(=C(/C)C#N)c3c2cccc3-c2c(C)cc(C#N)cc2F)c2cccc(-c3c(C)cc(C#N)cc3F)c2/1. The highest BCUT2D eigenvalue weighted by molar-refractivity contribution is 6.38. The van der Waals surface area contributed by atoms with E-state index in [4.69, 9.17) is 0 Å². The molecule has 0 spiro atoms. The Morgan fingerprint density at radius 1 is 0.667 bits per heavy atom. The molecule has 0 saturated carbocycles. The van der Waals surface area contributed by atoms with Crippen molar-refractivity contribution in [3.8, 4) is 40.5 Å². The van der Waals surface area contributed by atoms with Crippen LogP contribution in [0, 0.1) is 59.5 Å². The topological polar surface area (TPSA) is 71.4 Å². The minimum Gasteiger partial charge on any atom is -0.206 e. The predicted molar refractivity (Wildman–Crippen MR) is 161 cm³/mol. The first-order chi connectivity index (χ1) is 20.2. The number of allylic oxidation sites excluding steroid dienone is 6. The van der Waals surface area contributed by atoms with Gasteiger partial charge in [0.05, 0.1) is 29.3 Å². The Kier molecular flexibility index (Phi) is 6.22. The summed E-state index contributed by atoms with van der Waals surface area (Å²) in [5.74, 6) is -0.970. The fraction of sp³-hybridized carbons (Fsp3) is 0.108. The van der Waals surface area contributed by atoms with E-state index < -0.39 is 11.6 Å². The molecular formula is C37H23F2N3. The van der Waals surface area contributed by atoms with Crippen molar-refractivity contribution in [2.75, 3.05) is 0 Å². The Bertz CT molecular complexity index is 2080. The second kappa shape index (κ2) is 9.81. The van der Waals surface area contributed by atoms with Crippen LogP contribution in [-0.2, 0) is 0 Å². The Balaban J connectivity index is 1.67. The van der Waals surface area contributed by atoms with Crippen LogP contribution in [-0.4, -0.2) is 0 Å². The lowest BCUT2D eigenvalue weighted by molar-refractivity contribution is 0.629. The molecule has 0 saturated heterocycles. The average Bonchev–Trinajstić information content (AvgIpc) is 3.49. The van der Waals surface area contributed by atoms with Gasteiger partial charge in [-0.15, -0.1) is 0 Å². The molecule has 0 unspecified atom stereocenters. The molecular weight excluding hydrogens is 524 g/mol. The number of fused-ring (bicyclic) bond motifs is 4. The van der Waals surface area contributed by atoms with Crippen LogP contribution in [0.5, 0.6) is 0 Å². The smallest absolute Gasteiger partial charge is 0.132 e. The van der Waals surface area contributed by atoms with Gasteiger partial charge in [-0.1, -0.05) is 42.5 Å². The Hall–Kier alpha value is -5.57. The van der Waals surface area contributed by atoms with Gasteiger partial charge in [0.2, 0.25) is 0 Å². The summed E-state index contributed by atoms with van der Waals surface area (Å²) in [6.07, 6.45) is 2.00. The fourth-order valence-corrected chi connectivity index (χ4v) is 6.58. The van der Waals surface area contributed by atoms with Crippen molar-refractivity contribution in [3.05, 3.63) is 128 Å². The van der Waals surface area contributed by atoms with Crippen LogP contribution in [0.2, 0.25) is 0 Å². The number of benzene rings is 4. The van der Waals surface area contributed by atoms with Gasteiger partial charge >= 0.3 is 0 Å². The minimum absolute atomic E-state index is 0.244. The van der Waals surface area contributed by atoms with Crippen molar-refractivity contribution < 1.29 is 8.78 Å². The molecule has 4 aromatic rings. The van der Waals surface area contributed by atoms with Crippen LogP contribution >= 0.6 is 0 Å². The molecule has 0 bridgehead atoms. The molecule has 0 aliphatic heterocycles. The highest BCUT2D eigenvalue weighted by atomic mass is 19.1. The molecule has 200 valence electrons. The summed E-state index contributed by atoms with van der Waals surface area (Å²) >= 11 is 0. The lowest BCUT2D eigenvalue weighted by atomic mass is 9.83. The van der Waals surface area contributed by atoms with Gasteiger partial charge in [-0.3, -0.25) is 0 Å². The number of rotatable bonds is 2. The standard InChI is InChI=1S/C37H23F2N3/c1-5-24-34-25(31-19(2)12-22(17-41)14-29(31)38)8-6-10-27(34)37-33(21(4)16-40)36-26(9-7-11-28(36)35(24)37)32-20(3)13-23(18-42)15-30(32)39/h5-15H,1-4H3/b24-5+,33-21-. The second-order valence-corrected chi connectivity index (χ2v) is 10.5. The van der Waals surface area contributed by atoms with E-state index in [0.717, 1.165) is 39.0 Å². The first kappa shape index (κ1) is 26.6. The van der Waals surface area contributed by atoms with Crippen LogP contribution in [0.15, 0.2) is 72.3 Å². The summed E-state index contributed by atoms with van der Waals surface area (Å²) in [6.45, 7) is 7.27. The van der Waals surface area contributed by atoms with E-state index in [2.05, 4.69) is 6.07 Å². The molecule has 42 heavy (non-hydrogen) atoms. The molecule has 0 aromatic heterocycles. The Morgan fingerprint density at radius 2 is 1.14 bits per heavy atom. The van der Waals surface area contributed by atoms with Crippen molar-refractivity contribution >= 4 is 22.3 Å². The monoisotopic (exact) mass is 547 g/mol. The molecule has 6 rings (SSSR count). The lowest BCUT2D eigenvalue weighted by Crippen LogP contribution is -2.01. The maximum absolute atomic E-state index is 15.6. The predicted octanol–water partition coefficient (Wildman–Crippen LogP) is 9.30. The number of halogens is 2. The lowest BCUT2D eigenvalue weighted by Gasteiger charge is -2.20. The minimum atomic E-state index is -0.498. The zero-order valence-corrected chi connectivity index (χ0v) is 23.4. The molecule has 5 heteroatoms. The fourth-order valence-electron chi connectivity index (χ4n) is 6.58. The van der Waals surface area contributed by atoms with Crippen molar-refractivity contribution in [1.29, 1.82) is 15.8 Å². The van der Waals surface area contributed by atoms with E-state index in [1.807, 2.05) is 61.5 Å². The van der Waals surface area contributed by atoms with E-state index in [-0.39, 0.29) is 11.1 Å². The molecule has 0 atom stereocenters. The number of nitrogens with zero attached hydrogens (tertiary/aromatic N) is 3. The van der Waals surface area contributed by atoms with Crippen LogP contribution < -0.4 is 0 Å². The van der Waals surface area contributed by atoms with E-state index in [9.17, 15) is 15.8 Å². The van der Waals surface area contributed by atoms with Crippen molar-refractivity contribution in [3.63, 3.8) is 0 Å². The third-order valence-corrected chi connectivity index (χ3v) is 8.16. The van der Waals surface area contributed by atoms with Crippen molar-refractivity contribution in [1.82, 2.24) is 0 Å². The first-order valence-corrected chi connectivity index (χ1v) is 13.5. The second-order valence-electron chi connectivity index (χ2n) is 10.5. The van der Waals surface area contributed by atoms with Gasteiger partial charge in [0.1, 0.15) is 11.6 Å². The van der Waals surface area contributed by atoms with Crippen LogP contribution in [0.3, 0.4) is 0 Å². The van der Waals surface area contributed by atoms with Crippen LogP contribution in [0.1, 0.15) is 58.4 Å². The number of hydrogen-bond donors (Lipinski definition) is 0. The van der Waals surface area contributed by atoms with Crippen molar-refractivity contribution in [2.45, 2.75) is 27.7 Å². The van der Waals surface area contributed by atoms with E-state index in [1.165, 1.54) is 12.1 Å².